The van der Waals surface area contributed by atoms with E-state index in [-0.39, 0.29) is 24.3 Å². The number of hydrogen-bond donors (Lipinski definition) is 1. The third-order valence-corrected chi connectivity index (χ3v) is 5.06. The molecule has 6 heteroatoms. The zero-order valence-corrected chi connectivity index (χ0v) is 16.5. The predicted molar refractivity (Wildman–Crippen MR) is 109 cm³/mol. The summed E-state index contributed by atoms with van der Waals surface area (Å²) in [5, 5.41) is 2.95. The van der Waals surface area contributed by atoms with Crippen LogP contribution in [0.15, 0.2) is 48.5 Å². The number of carbonyl (C=O) groups is 1. The molecule has 1 aliphatic rings. The number of halogens is 1. The Kier molecular flexibility index (Phi) is 6.87. The van der Waals surface area contributed by atoms with Crippen LogP contribution in [0, 0.1) is 5.82 Å². The van der Waals surface area contributed by atoms with Gasteiger partial charge in [0.2, 0.25) is 0 Å². The molecule has 1 unspecified atom stereocenters. The van der Waals surface area contributed by atoms with Crippen LogP contribution in [0.5, 0.6) is 5.75 Å². The van der Waals surface area contributed by atoms with Crippen molar-refractivity contribution < 1.29 is 13.9 Å². The smallest absolute Gasteiger partial charge is 0.258 e. The van der Waals surface area contributed by atoms with Gasteiger partial charge in [-0.3, -0.25) is 9.69 Å². The highest BCUT2D eigenvalue weighted by Crippen LogP contribution is 2.26. The number of ether oxygens (including phenoxy) is 1. The molecule has 2 aromatic rings. The number of nitrogens with one attached hydrogen (secondary N) is 1. The highest BCUT2D eigenvalue weighted by molar-refractivity contribution is 5.77. The van der Waals surface area contributed by atoms with E-state index in [2.05, 4.69) is 39.4 Å². The van der Waals surface area contributed by atoms with E-state index in [1.165, 1.54) is 30.5 Å². The second kappa shape index (κ2) is 9.55. The van der Waals surface area contributed by atoms with Crippen molar-refractivity contribution in [2.45, 2.75) is 18.9 Å². The standard InChI is InChI=1S/C22H28FN3O2/c1-25(2)18-11-9-17(10-12-18)20(26-13-5-6-14-26)15-24-22(27)16-28-21-8-4-3-7-19(21)23/h3-4,7-12,20H,5-6,13-16H2,1-2H3,(H,24,27). The predicted octanol–water partition coefficient (Wildman–Crippen LogP) is 3.22. The lowest BCUT2D eigenvalue weighted by molar-refractivity contribution is -0.123. The van der Waals surface area contributed by atoms with E-state index in [0.29, 0.717) is 6.54 Å². The molecule has 1 atom stereocenters. The van der Waals surface area contributed by atoms with E-state index < -0.39 is 5.82 Å². The van der Waals surface area contributed by atoms with Gasteiger partial charge < -0.3 is 15.0 Å². The summed E-state index contributed by atoms with van der Waals surface area (Å²) in [5.74, 6) is -0.628. The van der Waals surface area contributed by atoms with Crippen LogP contribution in [0.25, 0.3) is 0 Å². The minimum absolute atomic E-state index is 0.0908. The summed E-state index contributed by atoms with van der Waals surface area (Å²) in [6.07, 6.45) is 2.35. The van der Waals surface area contributed by atoms with Crippen molar-refractivity contribution in [1.29, 1.82) is 0 Å². The second-order valence-electron chi connectivity index (χ2n) is 7.27. The third-order valence-electron chi connectivity index (χ3n) is 5.06. The number of anilines is 1. The summed E-state index contributed by atoms with van der Waals surface area (Å²) in [6, 6.07) is 14.7. The maximum Gasteiger partial charge on any atom is 0.258 e. The third kappa shape index (κ3) is 5.23. The molecule has 1 N–H and O–H groups in total. The fourth-order valence-electron chi connectivity index (χ4n) is 3.47. The summed E-state index contributed by atoms with van der Waals surface area (Å²) < 4.78 is 18.9. The van der Waals surface area contributed by atoms with Gasteiger partial charge in [0.1, 0.15) is 0 Å². The van der Waals surface area contributed by atoms with E-state index in [1.807, 2.05) is 14.1 Å². The first-order valence-corrected chi connectivity index (χ1v) is 9.70. The molecule has 0 bridgehead atoms. The van der Waals surface area contributed by atoms with Crippen LogP contribution >= 0.6 is 0 Å². The highest BCUT2D eigenvalue weighted by atomic mass is 19.1. The number of nitrogens with zero attached hydrogens (tertiary/aromatic N) is 2. The lowest BCUT2D eigenvalue weighted by Crippen LogP contribution is -2.38. The lowest BCUT2D eigenvalue weighted by Gasteiger charge is -2.28. The van der Waals surface area contributed by atoms with Gasteiger partial charge in [-0.2, -0.15) is 0 Å². The molecule has 0 spiro atoms. The molecule has 1 amide bonds. The molecular weight excluding hydrogens is 357 g/mol. The summed E-state index contributed by atoms with van der Waals surface area (Å²) in [4.78, 5) is 16.7. The maximum atomic E-state index is 13.6. The minimum Gasteiger partial charge on any atom is -0.481 e. The van der Waals surface area contributed by atoms with Gasteiger partial charge >= 0.3 is 0 Å². The number of hydrogen-bond acceptors (Lipinski definition) is 4. The Labute approximate surface area is 166 Å². The van der Waals surface area contributed by atoms with Crippen LogP contribution in [0.1, 0.15) is 24.4 Å². The van der Waals surface area contributed by atoms with Crippen molar-refractivity contribution in [3.8, 4) is 5.75 Å². The van der Waals surface area contributed by atoms with Crippen LogP contribution in [-0.2, 0) is 4.79 Å². The zero-order chi connectivity index (χ0) is 19.9. The molecule has 0 aromatic heterocycles. The monoisotopic (exact) mass is 385 g/mol. The van der Waals surface area contributed by atoms with Gasteiger partial charge in [0.05, 0.1) is 6.04 Å². The Balaban J connectivity index is 1.60. The molecule has 0 saturated carbocycles. The maximum absolute atomic E-state index is 13.6. The summed E-state index contributed by atoms with van der Waals surface area (Å²) >= 11 is 0. The van der Waals surface area contributed by atoms with Gasteiger partial charge in [-0.25, -0.2) is 4.39 Å². The molecule has 150 valence electrons. The Morgan fingerprint density at radius 1 is 1.14 bits per heavy atom. The molecule has 28 heavy (non-hydrogen) atoms. The Bertz CT molecular complexity index is 774. The molecule has 0 radical (unpaired) electrons. The van der Waals surface area contributed by atoms with Gasteiger partial charge in [-0.15, -0.1) is 0 Å². The second-order valence-corrected chi connectivity index (χ2v) is 7.27. The molecule has 1 heterocycles. The number of benzene rings is 2. The first kappa shape index (κ1) is 20.1. The molecule has 1 fully saturated rings. The highest BCUT2D eigenvalue weighted by Gasteiger charge is 2.24. The topological polar surface area (TPSA) is 44.8 Å². The zero-order valence-electron chi connectivity index (χ0n) is 16.5. The largest absolute Gasteiger partial charge is 0.481 e. The molecule has 5 nitrogen and oxygen atoms in total. The number of amides is 1. The lowest BCUT2D eigenvalue weighted by atomic mass is 10.0. The van der Waals surface area contributed by atoms with Crippen LogP contribution in [0.4, 0.5) is 10.1 Å². The van der Waals surface area contributed by atoms with E-state index in [0.717, 1.165) is 18.8 Å². The van der Waals surface area contributed by atoms with Gasteiger partial charge in [0.15, 0.2) is 18.2 Å². The van der Waals surface area contributed by atoms with Gasteiger partial charge in [0.25, 0.3) is 5.91 Å². The first-order valence-electron chi connectivity index (χ1n) is 9.70. The number of para-hydroxylation sites is 1. The molecule has 0 aliphatic carbocycles. The van der Waals surface area contributed by atoms with E-state index in [4.69, 9.17) is 4.74 Å². The normalized spacial score (nSPS) is 15.2. The summed E-state index contributed by atoms with van der Waals surface area (Å²) in [6.45, 7) is 2.36. The van der Waals surface area contributed by atoms with E-state index in [9.17, 15) is 9.18 Å². The number of likely N-dealkylation sites (tertiary alicyclic amines) is 1. The summed E-state index contributed by atoms with van der Waals surface area (Å²) in [5.41, 5.74) is 2.33. The summed E-state index contributed by atoms with van der Waals surface area (Å²) in [7, 11) is 4.03. The Morgan fingerprint density at radius 3 is 2.46 bits per heavy atom. The van der Waals surface area contributed by atoms with Crippen LogP contribution in [-0.4, -0.2) is 51.1 Å². The molecule has 1 saturated heterocycles. The van der Waals surface area contributed by atoms with E-state index in [1.54, 1.807) is 12.1 Å². The number of rotatable bonds is 8. The fraction of sp³-hybridized carbons (Fsp3) is 0.409. The van der Waals surface area contributed by atoms with Crippen molar-refractivity contribution in [2.75, 3.05) is 45.2 Å². The molecular formula is C22H28FN3O2. The van der Waals surface area contributed by atoms with E-state index >= 15 is 0 Å². The molecule has 1 aliphatic heterocycles. The van der Waals surface area contributed by atoms with Crippen molar-refractivity contribution in [3.05, 3.63) is 59.9 Å². The molecule has 3 rings (SSSR count). The first-order chi connectivity index (χ1) is 13.5. The molecule has 2 aromatic carbocycles. The quantitative estimate of drug-likeness (QED) is 0.758. The SMILES string of the molecule is CN(C)c1ccc(C(CNC(=O)COc2ccccc2F)N2CCCC2)cc1. The van der Waals surface area contributed by atoms with Gasteiger partial charge in [0, 0.05) is 26.3 Å². The number of carbonyl (C=O) groups excluding carboxylic acids is 1. The average molecular weight is 385 g/mol. The van der Waals surface area contributed by atoms with Gasteiger partial charge in [-0.05, 0) is 55.8 Å². The van der Waals surface area contributed by atoms with Gasteiger partial charge in [-0.1, -0.05) is 24.3 Å². The Hall–Kier alpha value is -2.60. The van der Waals surface area contributed by atoms with Crippen molar-refractivity contribution in [3.63, 3.8) is 0 Å². The Morgan fingerprint density at radius 2 is 1.82 bits per heavy atom. The van der Waals surface area contributed by atoms with Crippen molar-refractivity contribution >= 4 is 11.6 Å². The average Bonchev–Trinajstić information content (AvgIpc) is 3.22. The van der Waals surface area contributed by atoms with Crippen molar-refractivity contribution in [1.82, 2.24) is 10.2 Å². The van der Waals surface area contributed by atoms with Crippen LogP contribution in [0.2, 0.25) is 0 Å². The van der Waals surface area contributed by atoms with Crippen molar-refractivity contribution in [2.24, 2.45) is 0 Å². The van der Waals surface area contributed by atoms with Crippen LogP contribution < -0.4 is 15.0 Å². The minimum atomic E-state index is -0.466. The van der Waals surface area contributed by atoms with Crippen LogP contribution in [0.3, 0.4) is 0 Å². The fourth-order valence-corrected chi connectivity index (χ4v) is 3.47.